The van der Waals surface area contributed by atoms with E-state index in [0.29, 0.717) is 25.4 Å². The van der Waals surface area contributed by atoms with Gasteiger partial charge in [0.05, 0.1) is 6.42 Å². The van der Waals surface area contributed by atoms with Crippen molar-refractivity contribution in [1.82, 2.24) is 9.80 Å². The van der Waals surface area contributed by atoms with Crippen molar-refractivity contribution in [2.24, 2.45) is 5.92 Å². The van der Waals surface area contributed by atoms with Crippen molar-refractivity contribution >= 4 is 11.8 Å². The van der Waals surface area contributed by atoms with Crippen LogP contribution in [0.15, 0.2) is 24.3 Å². The second-order valence-corrected chi connectivity index (χ2v) is 6.50. The molecule has 22 heavy (non-hydrogen) atoms. The van der Waals surface area contributed by atoms with Crippen molar-refractivity contribution in [3.05, 3.63) is 35.4 Å². The monoisotopic (exact) mass is 300 g/mol. The molecule has 2 aliphatic rings. The Morgan fingerprint density at radius 3 is 2.32 bits per heavy atom. The Morgan fingerprint density at radius 2 is 1.64 bits per heavy atom. The Balaban J connectivity index is 1.54. The number of amides is 2. The Labute approximate surface area is 132 Å². The molecule has 0 spiro atoms. The summed E-state index contributed by atoms with van der Waals surface area (Å²) in [4.78, 5) is 28.5. The lowest BCUT2D eigenvalue weighted by Crippen LogP contribution is -2.38. The fourth-order valence-corrected chi connectivity index (χ4v) is 2.97. The molecule has 2 fully saturated rings. The normalized spacial score (nSPS) is 19.0. The number of hydrogen-bond acceptors (Lipinski definition) is 2. The van der Waals surface area contributed by atoms with Crippen molar-refractivity contribution in [3.63, 3.8) is 0 Å². The van der Waals surface area contributed by atoms with E-state index in [-0.39, 0.29) is 11.8 Å². The maximum absolute atomic E-state index is 12.5. The minimum atomic E-state index is 0.171. The first-order chi connectivity index (χ1) is 10.6. The first-order valence-corrected chi connectivity index (χ1v) is 8.25. The molecule has 0 aromatic heterocycles. The van der Waals surface area contributed by atoms with E-state index in [1.54, 1.807) is 0 Å². The summed E-state index contributed by atoms with van der Waals surface area (Å²) in [6, 6.07) is 8.13. The van der Waals surface area contributed by atoms with E-state index in [0.717, 1.165) is 37.9 Å². The van der Waals surface area contributed by atoms with Crippen molar-refractivity contribution in [2.75, 3.05) is 26.2 Å². The Morgan fingerprint density at radius 1 is 1.00 bits per heavy atom. The van der Waals surface area contributed by atoms with E-state index < -0.39 is 0 Å². The molecule has 0 radical (unpaired) electrons. The van der Waals surface area contributed by atoms with Gasteiger partial charge in [0.2, 0.25) is 11.8 Å². The SMILES string of the molecule is Cc1ccc(CC(=O)N2CCCN(C(=O)C3CC3)CC2)cc1. The zero-order chi connectivity index (χ0) is 15.5. The van der Waals surface area contributed by atoms with Gasteiger partial charge in [-0.1, -0.05) is 29.8 Å². The zero-order valence-corrected chi connectivity index (χ0v) is 13.3. The van der Waals surface area contributed by atoms with E-state index in [4.69, 9.17) is 0 Å². The van der Waals surface area contributed by atoms with Gasteiger partial charge in [-0.25, -0.2) is 0 Å². The minimum absolute atomic E-state index is 0.171. The molecule has 1 aromatic carbocycles. The Kier molecular flexibility index (Phi) is 4.46. The van der Waals surface area contributed by atoms with Crippen molar-refractivity contribution < 1.29 is 9.59 Å². The molecule has 0 atom stereocenters. The third-order valence-electron chi connectivity index (χ3n) is 4.56. The summed E-state index contributed by atoms with van der Waals surface area (Å²) >= 11 is 0. The molecule has 1 saturated carbocycles. The van der Waals surface area contributed by atoms with E-state index in [9.17, 15) is 9.59 Å². The topological polar surface area (TPSA) is 40.6 Å². The lowest BCUT2D eigenvalue weighted by Gasteiger charge is -2.22. The maximum Gasteiger partial charge on any atom is 0.227 e. The predicted molar refractivity (Wildman–Crippen MR) is 85.4 cm³/mol. The Bertz CT molecular complexity index is 549. The summed E-state index contributed by atoms with van der Waals surface area (Å²) in [7, 11) is 0. The number of nitrogens with zero attached hydrogens (tertiary/aromatic N) is 2. The molecule has 4 nitrogen and oxygen atoms in total. The maximum atomic E-state index is 12.5. The largest absolute Gasteiger partial charge is 0.341 e. The van der Waals surface area contributed by atoms with Gasteiger partial charge in [0.25, 0.3) is 0 Å². The summed E-state index contributed by atoms with van der Waals surface area (Å²) < 4.78 is 0. The second kappa shape index (κ2) is 6.51. The van der Waals surface area contributed by atoms with Gasteiger partial charge in [-0.15, -0.1) is 0 Å². The molecule has 0 N–H and O–H groups in total. The predicted octanol–water partition coefficient (Wildman–Crippen LogP) is 2.01. The minimum Gasteiger partial charge on any atom is -0.341 e. The highest BCUT2D eigenvalue weighted by Gasteiger charge is 2.34. The van der Waals surface area contributed by atoms with Crippen LogP contribution >= 0.6 is 0 Å². The van der Waals surface area contributed by atoms with Crippen LogP contribution < -0.4 is 0 Å². The van der Waals surface area contributed by atoms with Gasteiger partial charge in [0.1, 0.15) is 0 Å². The highest BCUT2D eigenvalue weighted by atomic mass is 16.2. The fraction of sp³-hybridized carbons (Fsp3) is 0.556. The van der Waals surface area contributed by atoms with Crippen molar-refractivity contribution in [2.45, 2.75) is 32.6 Å². The van der Waals surface area contributed by atoms with Gasteiger partial charge >= 0.3 is 0 Å². The number of aryl methyl sites for hydroxylation is 1. The van der Waals surface area contributed by atoms with Crippen LogP contribution in [0.3, 0.4) is 0 Å². The van der Waals surface area contributed by atoms with Crippen LogP contribution in [0.5, 0.6) is 0 Å². The highest BCUT2D eigenvalue weighted by Crippen LogP contribution is 2.31. The van der Waals surface area contributed by atoms with Gasteiger partial charge in [-0.3, -0.25) is 9.59 Å². The average molecular weight is 300 g/mol. The molecular formula is C18H24N2O2. The molecule has 4 heteroatoms. The van der Waals surface area contributed by atoms with E-state index in [1.165, 1.54) is 5.56 Å². The van der Waals surface area contributed by atoms with Gasteiger partial charge in [-0.05, 0) is 31.7 Å². The highest BCUT2D eigenvalue weighted by molar-refractivity contribution is 5.81. The number of benzene rings is 1. The summed E-state index contributed by atoms with van der Waals surface area (Å²) in [5.74, 6) is 0.743. The molecule has 2 amide bonds. The van der Waals surface area contributed by atoms with Crippen LogP contribution in [-0.2, 0) is 16.0 Å². The number of carbonyl (C=O) groups is 2. The van der Waals surface area contributed by atoms with Crippen LogP contribution in [0.2, 0.25) is 0 Å². The molecule has 0 unspecified atom stereocenters. The van der Waals surface area contributed by atoms with E-state index in [1.807, 2.05) is 41.0 Å². The number of rotatable bonds is 3. The first kappa shape index (κ1) is 15.1. The lowest BCUT2D eigenvalue weighted by molar-refractivity contribution is -0.134. The number of hydrogen-bond donors (Lipinski definition) is 0. The molecule has 1 aliphatic heterocycles. The second-order valence-electron chi connectivity index (χ2n) is 6.50. The summed E-state index contributed by atoms with van der Waals surface area (Å²) in [5, 5.41) is 0. The van der Waals surface area contributed by atoms with E-state index >= 15 is 0 Å². The van der Waals surface area contributed by atoms with Gasteiger partial charge < -0.3 is 9.80 Å². The molecule has 3 rings (SSSR count). The standard InChI is InChI=1S/C18H24N2O2/c1-14-3-5-15(6-4-14)13-17(21)19-9-2-10-20(12-11-19)18(22)16-7-8-16/h3-6,16H,2,7-13H2,1H3. The molecule has 1 aliphatic carbocycles. The fourth-order valence-electron chi connectivity index (χ4n) is 2.97. The molecule has 1 saturated heterocycles. The van der Waals surface area contributed by atoms with E-state index in [2.05, 4.69) is 0 Å². The first-order valence-electron chi connectivity index (χ1n) is 8.25. The number of carbonyl (C=O) groups excluding carboxylic acids is 2. The lowest BCUT2D eigenvalue weighted by atomic mass is 10.1. The van der Waals surface area contributed by atoms with Crippen LogP contribution in [0.25, 0.3) is 0 Å². The Hall–Kier alpha value is -1.84. The molecule has 118 valence electrons. The quantitative estimate of drug-likeness (QED) is 0.857. The molecule has 1 heterocycles. The van der Waals surface area contributed by atoms with Crippen LogP contribution in [0.1, 0.15) is 30.4 Å². The zero-order valence-electron chi connectivity index (χ0n) is 13.3. The van der Waals surface area contributed by atoms with Crippen LogP contribution in [0.4, 0.5) is 0 Å². The van der Waals surface area contributed by atoms with Crippen LogP contribution in [0, 0.1) is 12.8 Å². The molecule has 0 bridgehead atoms. The molecule has 1 aromatic rings. The molecular weight excluding hydrogens is 276 g/mol. The average Bonchev–Trinajstić information content (AvgIpc) is 3.35. The summed E-state index contributed by atoms with van der Waals surface area (Å²) in [5.41, 5.74) is 2.27. The van der Waals surface area contributed by atoms with Crippen LogP contribution in [-0.4, -0.2) is 47.8 Å². The third kappa shape index (κ3) is 3.67. The van der Waals surface area contributed by atoms with Crippen molar-refractivity contribution in [3.8, 4) is 0 Å². The van der Waals surface area contributed by atoms with Gasteiger partial charge in [0, 0.05) is 32.1 Å². The van der Waals surface area contributed by atoms with Gasteiger partial charge in [0.15, 0.2) is 0 Å². The van der Waals surface area contributed by atoms with Crippen molar-refractivity contribution in [1.29, 1.82) is 0 Å². The smallest absolute Gasteiger partial charge is 0.227 e. The third-order valence-corrected chi connectivity index (χ3v) is 4.56. The summed E-state index contributed by atoms with van der Waals surface area (Å²) in [6.07, 6.45) is 3.44. The summed E-state index contributed by atoms with van der Waals surface area (Å²) in [6.45, 7) is 4.97. The van der Waals surface area contributed by atoms with Gasteiger partial charge in [-0.2, -0.15) is 0 Å².